The Morgan fingerprint density at radius 1 is 1.00 bits per heavy atom. The minimum atomic E-state index is -0.381. The minimum absolute atomic E-state index is 0.0321. The molecular weight excluding hydrogens is 414 g/mol. The molecule has 4 aromatic rings. The number of carbonyl (C=O) groups is 2. The molecule has 3 aromatic carbocycles. The van der Waals surface area contributed by atoms with E-state index in [4.69, 9.17) is 4.74 Å². The number of rotatable bonds is 7. The van der Waals surface area contributed by atoms with E-state index < -0.39 is 0 Å². The second-order valence-electron chi connectivity index (χ2n) is 8.09. The van der Waals surface area contributed by atoms with E-state index in [0.717, 1.165) is 33.3 Å². The van der Waals surface area contributed by atoms with Gasteiger partial charge in [0.25, 0.3) is 5.91 Å². The van der Waals surface area contributed by atoms with Crippen LogP contribution in [0.1, 0.15) is 27.5 Å². The van der Waals surface area contributed by atoms with Gasteiger partial charge in [0, 0.05) is 35.7 Å². The lowest BCUT2D eigenvalue weighted by molar-refractivity contribution is -0.122. The number of benzene rings is 3. The van der Waals surface area contributed by atoms with Gasteiger partial charge in [-0.15, -0.1) is 0 Å². The standard InChI is InChI=1S/C27H25N3O3/c1-33-16-15-28-23(31)17-30-26(19-11-5-6-12-20(19)27(30)32)24-21-13-7-8-14-22(21)29-25(24)18-9-3-2-4-10-18/h2-14,26,29H,15-17H2,1H3,(H,28,31). The first-order valence-corrected chi connectivity index (χ1v) is 11.0. The largest absolute Gasteiger partial charge is 0.383 e. The predicted octanol–water partition coefficient (Wildman–Crippen LogP) is 4.14. The van der Waals surface area contributed by atoms with Gasteiger partial charge in [-0.25, -0.2) is 0 Å². The van der Waals surface area contributed by atoms with Crippen molar-refractivity contribution < 1.29 is 14.3 Å². The van der Waals surface area contributed by atoms with E-state index in [1.807, 2.05) is 60.7 Å². The van der Waals surface area contributed by atoms with Gasteiger partial charge < -0.3 is 19.9 Å². The van der Waals surface area contributed by atoms with Crippen molar-refractivity contribution in [3.05, 3.63) is 95.6 Å². The zero-order valence-electron chi connectivity index (χ0n) is 18.4. The fraction of sp³-hybridized carbons (Fsp3) is 0.185. The second-order valence-corrected chi connectivity index (χ2v) is 8.09. The highest BCUT2D eigenvalue weighted by Gasteiger charge is 2.40. The maximum absolute atomic E-state index is 13.5. The molecule has 1 aliphatic heterocycles. The molecule has 2 N–H and O–H groups in total. The summed E-state index contributed by atoms with van der Waals surface area (Å²) in [5, 5.41) is 3.88. The molecule has 0 fully saturated rings. The molecule has 166 valence electrons. The van der Waals surface area contributed by atoms with E-state index in [2.05, 4.69) is 28.5 Å². The van der Waals surface area contributed by atoms with Gasteiger partial charge in [-0.05, 0) is 23.3 Å². The van der Waals surface area contributed by atoms with Crippen LogP contribution >= 0.6 is 0 Å². The zero-order chi connectivity index (χ0) is 22.8. The molecule has 0 saturated heterocycles. The SMILES string of the molecule is COCCNC(=O)CN1C(=O)c2ccccc2C1c1c(-c2ccccc2)[nH]c2ccccc12. The van der Waals surface area contributed by atoms with Gasteiger partial charge in [0.1, 0.15) is 6.54 Å². The van der Waals surface area contributed by atoms with Crippen molar-refractivity contribution in [1.82, 2.24) is 15.2 Å². The number of methoxy groups -OCH3 is 1. The summed E-state index contributed by atoms with van der Waals surface area (Å²) in [6.45, 7) is 0.789. The van der Waals surface area contributed by atoms with Gasteiger partial charge in [0.2, 0.25) is 5.91 Å². The first-order valence-electron chi connectivity index (χ1n) is 11.0. The molecule has 0 spiro atoms. The molecule has 0 saturated carbocycles. The number of para-hydroxylation sites is 1. The highest BCUT2D eigenvalue weighted by Crippen LogP contribution is 2.45. The molecule has 2 heterocycles. The molecule has 1 unspecified atom stereocenters. The molecule has 6 heteroatoms. The number of hydrogen-bond donors (Lipinski definition) is 2. The van der Waals surface area contributed by atoms with Crippen molar-refractivity contribution in [1.29, 1.82) is 0 Å². The van der Waals surface area contributed by atoms with Gasteiger partial charge in [0.05, 0.1) is 18.3 Å². The molecule has 1 atom stereocenters. The van der Waals surface area contributed by atoms with Crippen LogP contribution < -0.4 is 5.32 Å². The van der Waals surface area contributed by atoms with Gasteiger partial charge in [-0.1, -0.05) is 66.7 Å². The number of H-pyrrole nitrogens is 1. The molecular formula is C27H25N3O3. The predicted molar refractivity (Wildman–Crippen MR) is 128 cm³/mol. The van der Waals surface area contributed by atoms with Crippen LogP contribution in [0.4, 0.5) is 0 Å². The van der Waals surface area contributed by atoms with Crippen LogP contribution in [-0.2, 0) is 9.53 Å². The number of nitrogens with one attached hydrogen (secondary N) is 2. The lowest BCUT2D eigenvalue weighted by atomic mass is 9.93. The number of carbonyl (C=O) groups excluding carboxylic acids is 2. The Morgan fingerprint density at radius 3 is 2.55 bits per heavy atom. The number of nitrogens with zero attached hydrogens (tertiary/aromatic N) is 1. The van der Waals surface area contributed by atoms with Gasteiger partial charge >= 0.3 is 0 Å². The number of aromatic amines is 1. The topological polar surface area (TPSA) is 74.4 Å². The van der Waals surface area contributed by atoms with Crippen LogP contribution in [0.25, 0.3) is 22.2 Å². The van der Waals surface area contributed by atoms with Crippen molar-refractivity contribution in [2.45, 2.75) is 6.04 Å². The third-order valence-corrected chi connectivity index (χ3v) is 6.08. The number of ether oxygens (including phenoxy) is 1. The Bertz CT molecular complexity index is 1310. The summed E-state index contributed by atoms with van der Waals surface area (Å²) in [7, 11) is 1.59. The molecule has 0 radical (unpaired) electrons. The summed E-state index contributed by atoms with van der Waals surface area (Å²) >= 11 is 0. The molecule has 1 aromatic heterocycles. The minimum Gasteiger partial charge on any atom is -0.383 e. The maximum atomic E-state index is 13.5. The summed E-state index contributed by atoms with van der Waals surface area (Å²) in [5.41, 5.74) is 5.53. The van der Waals surface area contributed by atoms with Crippen LogP contribution in [-0.4, -0.2) is 48.5 Å². The van der Waals surface area contributed by atoms with Crippen molar-refractivity contribution in [2.24, 2.45) is 0 Å². The number of amides is 2. The Labute approximate surface area is 192 Å². The maximum Gasteiger partial charge on any atom is 0.255 e. The lowest BCUT2D eigenvalue weighted by Crippen LogP contribution is -2.40. The third-order valence-electron chi connectivity index (χ3n) is 6.08. The lowest BCUT2D eigenvalue weighted by Gasteiger charge is -2.26. The van der Waals surface area contributed by atoms with E-state index in [0.29, 0.717) is 18.7 Å². The summed E-state index contributed by atoms with van der Waals surface area (Å²) in [5.74, 6) is -0.346. The average Bonchev–Trinajstić information content (AvgIpc) is 3.35. The van der Waals surface area contributed by atoms with Gasteiger partial charge in [-0.3, -0.25) is 9.59 Å². The Kier molecular flexibility index (Phi) is 5.67. The molecule has 1 aliphatic rings. The fourth-order valence-electron chi connectivity index (χ4n) is 4.63. The first-order chi connectivity index (χ1) is 16.2. The van der Waals surface area contributed by atoms with Crippen molar-refractivity contribution >= 4 is 22.7 Å². The first kappa shape index (κ1) is 21.0. The molecule has 2 amide bonds. The molecule has 5 rings (SSSR count). The number of aromatic nitrogens is 1. The molecule has 0 bridgehead atoms. The third kappa shape index (κ3) is 3.79. The van der Waals surface area contributed by atoms with Gasteiger partial charge in [-0.2, -0.15) is 0 Å². The molecule has 6 nitrogen and oxygen atoms in total. The van der Waals surface area contributed by atoms with Gasteiger partial charge in [0.15, 0.2) is 0 Å². The zero-order valence-corrected chi connectivity index (χ0v) is 18.4. The second kappa shape index (κ2) is 8.92. The van der Waals surface area contributed by atoms with Crippen LogP contribution in [0, 0.1) is 0 Å². The van der Waals surface area contributed by atoms with Crippen molar-refractivity contribution in [2.75, 3.05) is 26.8 Å². The smallest absolute Gasteiger partial charge is 0.255 e. The highest BCUT2D eigenvalue weighted by atomic mass is 16.5. The number of fused-ring (bicyclic) bond motifs is 2. The highest BCUT2D eigenvalue weighted by molar-refractivity contribution is 6.03. The summed E-state index contributed by atoms with van der Waals surface area (Å²) < 4.78 is 5.03. The van der Waals surface area contributed by atoms with E-state index in [9.17, 15) is 9.59 Å². The Balaban J connectivity index is 1.66. The van der Waals surface area contributed by atoms with Crippen molar-refractivity contribution in [3.63, 3.8) is 0 Å². The van der Waals surface area contributed by atoms with Crippen LogP contribution in [0.3, 0.4) is 0 Å². The quantitative estimate of drug-likeness (QED) is 0.425. The summed E-state index contributed by atoms with van der Waals surface area (Å²) in [4.78, 5) is 31.4. The van der Waals surface area contributed by atoms with E-state index in [1.54, 1.807) is 12.0 Å². The van der Waals surface area contributed by atoms with E-state index in [1.165, 1.54) is 0 Å². The van der Waals surface area contributed by atoms with E-state index in [-0.39, 0.29) is 24.4 Å². The molecule has 0 aliphatic carbocycles. The Hall–Kier alpha value is -3.90. The number of hydrogen-bond acceptors (Lipinski definition) is 3. The Morgan fingerprint density at radius 2 is 1.73 bits per heavy atom. The summed E-state index contributed by atoms with van der Waals surface area (Å²) in [6.07, 6.45) is 0. The van der Waals surface area contributed by atoms with E-state index >= 15 is 0 Å². The van der Waals surface area contributed by atoms with Crippen LogP contribution in [0.15, 0.2) is 78.9 Å². The normalized spacial score (nSPS) is 15.1. The summed E-state index contributed by atoms with van der Waals surface area (Å²) in [6, 6.07) is 25.4. The van der Waals surface area contributed by atoms with Crippen LogP contribution in [0.5, 0.6) is 0 Å². The van der Waals surface area contributed by atoms with Crippen LogP contribution in [0.2, 0.25) is 0 Å². The fourth-order valence-corrected chi connectivity index (χ4v) is 4.63. The van der Waals surface area contributed by atoms with Crippen molar-refractivity contribution in [3.8, 4) is 11.3 Å². The molecule has 33 heavy (non-hydrogen) atoms. The monoisotopic (exact) mass is 439 g/mol. The average molecular weight is 440 g/mol.